The van der Waals surface area contributed by atoms with Gasteiger partial charge in [-0.15, -0.1) is 0 Å². The van der Waals surface area contributed by atoms with Crippen LogP contribution in [0.4, 0.5) is 0 Å². The molecule has 0 aromatic heterocycles. The van der Waals surface area contributed by atoms with Crippen LogP contribution in [0, 0.1) is 5.92 Å². The van der Waals surface area contributed by atoms with Crippen LogP contribution in [0.15, 0.2) is 0 Å². The van der Waals surface area contributed by atoms with Crippen LogP contribution < -0.4 is 5.32 Å². The number of unbranched alkanes of at least 4 members (excludes halogenated alkanes) is 3. The van der Waals surface area contributed by atoms with Gasteiger partial charge in [0.2, 0.25) is 0 Å². The Kier molecular flexibility index (Phi) is 5.07. The zero-order valence-corrected chi connectivity index (χ0v) is 10.3. The van der Waals surface area contributed by atoms with Crippen LogP contribution in [0.1, 0.15) is 38.5 Å². The van der Waals surface area contributed by atoms with E-state index in [0.717, 1.165) is 18.4 Å². The zero-order chi connectivity index (χ0) is 11.2. The zero-order valence-electron chi connectivity index (χ0n) is 10.3. The van der Waals surface area contributed by atoms with Gasteiger partial charge in [-0.25, -0.2) is 0 Å². The molecule has 2 N–H and O–H groups in total. The Morgan fingerprint density at radius 2 is 1.88 bits per heavy atom. The highest BCUT2D eigenvalue weighted by molar-refractivity contribution is 4.90. The molecule has 2 rings (SSSR count). The molecule has 3 nitrogen and oxygen atoms in total. The van der Waals surface area contributed by atoms with E-state index >= 15 is 0 Å². The second-order valence-corrected chi connectivity index (χ2v) is 5.34. The summed E-state index contributed by atoms with van der Waals surface area (Å²) in [5, 5.41) is 12.4. The molecule has 2 bridgehead atoms. The van der Waals surface area contributed by atoms with Crippen LogP contribution in [-0.4, -0.2) is 48.8 Å². The van der Waals surface area contributed by atoms with E-state index in [1.165, 1.54) is 58.3 Å². The third kappa shape index (κ3) is 3.44. The molecule has 2 aliphatic heterocycles. The van der Waals surface area contributed by atoms with E-state index in [9.17, 15) is 0 Å². The van der Waals surface area contributed by atoms with Crippen molar-refractivity contribution in [3.8, 4) is 0 Å². The third-order valence-electron chi connectivity index (χ3n) is 4.13. The second kappa shape index (κ2) is 6.58. The van der Waals surface area contributed by atoms with Crippen molar-refractivity contribution >= 4 is 0 Å². The topological polar surface area (TPSA) is 35.5 Å². The van der Waals surface area contributed by atoms with Gasteiger partial charge < -0.3 is 15.3 Å². The summed E-state index contributed by atoms with van der Waals surface area (Å²) >= 11 is 0. The normalized spacial score (nSPS) is 33.2. The molecule has 2 fully saturated rings. The maximum atomic E-state index is 8.68. The summed E-state index contributed by atoms with van der Waals surface area (Å²) in [6.45, 7) is 5.50. The summed E-state index contributed by atoms with van der Waals surface area (Å²) < 4.78 is 0. The van der Waals surface area contributed by atoms with E-state index in [4.69, 9.17) is 5.11 Å². The molecule has 0 aromatic carbocycles. The first-order chi connectivity index (χ1) is 7.90. The lowest BCUT2D eigenvalue weighted by molar-refractivity contribution is 0.220. The monoisotopic (exact) mass is 226 g/mol. The molecule has 3 heteroatoms. The molecule has 0 amide bonds. The average molecular weight is 226 g/mol. The maximum Gasteiger partial charge on any atom is 0.0431 e. The van der Waals surface area contributed by atoms with E-state index < -0.39 is 0 Å². The Balaban J connectivity index is 1.52. The summed E-state index contributed by atoms with van der Waals surface area (Å²) in [6.07, 6.45) is 7.44. The van der Waals surface area contributed by atoms with Crippen molar-refractivity contribution in [3.63, 3.8) is 0 Å². The van der Waals surface area contributed by atoms with Gasteiger partial charge in [-0.1, -0.05) is 12.8 Å². The Morgan fingerprint density at radius 1 is 1.06 bits per heavy atom. The van der Waals surface area contributed by atoms with Gasteiger partial charge in [0, 0.05) is 19.2 Å². The Morgan fingerprint density at radius 3 is 2.75 bits per heavy atom. The van der Waals surface area contributed by atoms with Gasteiger partial charge >= 0.3 is 0 Å². The SMILES string of the molecule is OCCCCCCNC1CCN2CCC1C2. The number of nitrogens with one attached hydrogen (secondary N) is 1. The molecule has 0 saturated carbocycles. The molecular weight excluding hydrogens is 200 g/mol. The first-order valence-electron chi connectivity index (χ1n) is 6.97. The van der Waals surface area contributed by atoms with Gasteiger partial charge in [0.1, 0.15) is 0 Å². The third-order valence-corrected chi connectivity index (χ3v) is 4.13. The number of hydrogen-bond donors (Lipinski definition) is 2. The van der Waals surface area contributed by atoms with Crippen LogP contribution in [-0.2, 0) is 0 Å². The fraction of sp³-hybridized carbons (Fsp3) is 1.00. The maximum absolute atomic E-state index is 8.68. The van der Waals surface area contributed by atoms with Crippen LogP contribution in [0.5, 0.6) is 0 Å². The molecule has 0 spiro atoms. The predicted octanol–water partition coefficient (Wildman–Crippen LogP) is 1.22. The van der Waals surface area contributed by atoms with E-state index in [0.29, 0.717) is 6.61 Å². The molecular formula is C13H26N2O. The van der Waals surface area contributed by atoms with Crippen LogP contribution in [0.3, 0.4) is 0 Å². The van der Waals surface area contributed by atoms with Gasteiger partial charge in [0.25, 0.3) is 0 Å². The number of fused-ring (bicyclic) bond motifs is 2. The smallest absolute Gasteiger partial charge is 0.0431 e. The second-order valence-electron chi connectivity index (χ2n) is 5.34. The van der Waals surface area contributed by atoms with Crippen molar-refractivity contribution in [3.05, 3.63) is 0 Å². The van der Waals surface area contributed by atoms with Crippen LogP contribution >= 0.6 is 0 Å². The van der Waals surface area contributed by atoms with E-state index in [1.807, 2.05) is 0 Å². The first kappa shape index (κ1) is 12.3. The predicted molar refractivity (Wildman–Crippen MR) is 66.5 cm³/mol. The fourth-order valence-electron chi connectivity index (χ4n) is 3.10. The van der Waals surface area contributed by atoms with Crippen molar-refractivity contribution in [1.29, 1.82) is 0 Å². The van der Waals surface area contributed by atoms with Crippen molar-refractivity contribution < 1.29 is 5.11 Å². The molecule has 2 saturated heterocycles. The summed E-state index contributed by atoms with van der Waals surface area (Å²) in [7, 11) is 0. The summed E-state index contributed by atoms with van der Waals surface area (Å²) in [5.41, 5.74) is 0. The van der Waals surface area contributed by atoms with E-state index in [1.54, 1.807) is 0 Å². The molecule has 3 atom stereocenters. The minimum absolute atomic E-state index is 0.355. The standard InChI is InChI=1S/C13H26N2O/c16-10-4-2-1-3-7-14-13-6-9-15-8-5-12(13)11-15/h12-14,16H,1-11H2. The number of aliphatic hydroxyl groups is 1. The van der Waals surface area contributed by atoms with E-state index in [2.05, 4.69) is 10.2 Å². The molecule has 0 aromatic rings. The molecule has 94 valence electrons. The quantitative estimate of drug-likeness (QED) is 0.641. The van der Waals surface area contributed by atoms with Crippen molar-refractivity contribution in [2.75, 3.05) is 32.8 Å². The summed E-state index contributed by atoms with van der Waals surface area (Å²) in [5.74, 6) is 0.922. The molecule has 2 heterocycles. The van der Waals surface area contributed by atoms with Crippen LogP contribution in [0.25, 0.3) is 0 Å². The van der Waals surface area contributed by atoms with Gasteiger partial charge in [0.15, 0.2) is 0 Å². The highest BCUT2D eigenvalue weighted by Gasteiger charge is 2.33. The molecule has 3 unspecified atom stereocenters. The van der Waals surface area contributed by atoms with Crippen molar-refractivity contribution in [2.24, 2.45) is 5.92 Å². The minimum Gasteiger partial charge on any atom is -0.396 e. The number of aliphatic hydroxyl groups excluding tert-OH is 1. The largest absolute Gasteiger partial charge is 0.396 e. The van der Waals surface area contributed by atoms with E-state index in [-0.39, 0.29) is 0 Å². The number of rotatable bonds is 7. The van der Waals surface area contributed by atoms with Gasteiger partial charge in [-0.05, 0) is 51.2 Å². The van der Waals surface area contributed by atoms with Gasteiger partial charge in [-0.3, -0.25) is 0 Å². The highest BCUT2D eigenvalue weighted by atomic mass is 16.2. The first-order valence-corrected chi connectivity index (χ1v) is 6.97. The highest BCUT2D eigenvalue weighted by Crippen LogP contribution is 2.26. The lowest BCUT2D eigenvalue weighted by Gasteiger charge is -2.31. The Hall–Kier alpha value is -0.120. The fourth-order valence-corrected chi connectivity index (χ4v) is 3.10. The summed E-state index contributed by atoms with van der Waals surface area (Å²) in [4.78, 5) is 2.60. The van der Waals surface area contributed by atoms with Crippen LogP contribution in [0.2, 0.25) is 0 Å². The van der Waals surface area contributed by atoms with Crippen molar-refractivity contribution in [2.45, 2.75) is 44.6 Å². The lowest BCUT2D eigenvalue weighted by Crippen LogP contribution is -2.44. The number of piperidine rings is 1. The average Bonchev–Trinajstić information content (AvgIpc) is 2.69. The van der Waals surface area contributed by atoms with Gasteiger partial charge in [0.05, 0.1) is 0 Å². The number of nitrogens with zero attached hydrogens (tertiary/aromatic N) is 1. The minimum atomic E-state index is 0.355. The molecule has 2 aliphatic rings. The Labute approximate surface area is 99.2 Å². The number of hydrogen-bond acceptors (Lipinski definition) is 3. The summed E-state index contributed by atoms with van der Waals surface area (Å²) in [6, 6.07) is 0.789. The molecule has 0 radical (unpaired) electrons. The molecule has 16 heavy (non-hydrogen) atoms. The molecule has 0 aliphatic carbocycles. The van der Waals surface area contributed by atoms with Crippen molar-refractivity contribution in [1.82, 2.24) is 10.2 Å². The Bertz CT molecular complexity index is 198. The van der Waals surface area contributed by atoms with Gasteiger partial charge in [-0.2, -0.15) is 0 Å². The lowest BCUT2D eigenvalue weighted by atomic mass is 9.94.